The lowest BCUT2D eigenvalue weighted by atomic mass is 9.89. The van der Waals surface area contributed by atoms with Gasteiger partial charge in [-0.3, -0.25) is 0 Å². The normalized spacial score (nSPS) is 13.1. The van der Waals surface area contributed by atoms with Gasteiger partial charge in [0.1, 0.15) is 0 Å². The Bertz CT molecular complexity index is 173. The molecule has 3 heteroatoms. The second-order valence-electron chi connectivity index (χ2n) is 6.04. The summed E-state index contributed by atoms with van der Waals surface area (Å²) >= 11 is 0. The minimum atomic E-state index is -0.0282. The van der Waals surface area contributed by atoms with Crippen LogP contribution < -0.4 is 5.32 Å². The van der Waals surface area contributed by atoms with Crippen LogP contribution in [0.3, 0.4) is 0 Å². The molecule has 0 aliphatic heterocycles. The molecule has 0 saturated carbocycles. The van der Waals surface area contributed by atoms with Crippen molar-refractivity contribution in [3.63, 3.8) is 0 Å². The van der Waals surface area contributed by atoms with Gasteiger partial charge in [0.05, 0.1) is 12.2 Å². The van der Waals surface area contributed by atoms with E-state index in [0.717, 1.165) is 32.7 Å². The minimum absolute atomic E-state index is 0.0282. The molecule has 0 aliphatic rings. The molecular weight excluding hydrogens is 202 g/mol. The van der Waals surface area contributed by atoms with Gasteiger partial charge in [0.25, 0.3) is 0 Å². The van der Waals surface area contributed by atoms with E-state index in [1.807, 2.05) is 0 Å². The van der Waals surface area contributed by atoms with Crippen molar-refractivity contribution in [3.05, 3.63) is 0 Å². The van der Waals surface area contributed by atoms with E-state index in [4.69, 9.17) is 9.47 Å². The summed E-state index contributed by atoms with van der Waals surface area (Å²) < 4.78 is 10.7. The SMILES string of the molecule is COCCNCC(C)(C)CCOC(C)(C)C. The van der Waals surface area contributed by atoms with Crippen molar-refractivity contribution in [1.82, 2.24) is 5.32 Å². The number of hydrogen-bond donors (Lipinski definition) is 1. The van der Waals surface area contributed by atoms with Gasteiger partial charge in [-0.05, 0) is 32.6 Å². The Balaban J connectivity index is 3.62. The van der Waals surface area contributed by atoms with Crippen molar-refractivity contribution in [2.24, 2.45) is 5.41 Å². The number of rotatable bonds is 8. The summed E-state index contributed by atoms with van der Waals surface area (Å²) in [5, 5.41) is 3.39. The van der Waals surface area contributed by atoms with Crippen molar-refractivity contribution in [3.8, 4) is 0 Å². The summed E-state index contributed by atoms with van der Waals surface area (Å²) in [7, 11) is 1.73. The van der Waals surface area contributed by atoms with Gasteiger partial charge in [0.15, 0.2) is 0 Å². The Morgan fingerprint density at radius 3 is 2.12 bits per heavy atom. The molecule has 0 unspecified atom stereocenters. The van der Waals surface area contributed by atoms with E-state index in [9.17, 15) is 0 Å². The van der Waals surface area contributed by atoms with Gasteiger partial charge >= 0.3 is 0 Å². The molecule has 1 N–H and O–H groups in total. The zero-order chi connectivity index (χ0) is 12.7. The fourth-order valence-electron chi connectivity index (χ4n) is 1.32. The maximum Gasteiger partial charge on any atom is 0.0598 e. The Hall–Kier alpha value is -0.120. The molecular formula is C13H29NO2. The van der Waals surface area contributed by atoms with E-state index in [-0.39, 0.29) is 11.0 Å². The van der Waals surface area contributed by atoms with Gasteiger partial charge in [-0.2, -0.15) is 0 Å². The fraction of sp³-hybridized carbons (Fsp3) is 1.00. The van der Waals surface area contributed by atoms with E-state index in [1.165, 1.54) is 0 Å². The summed E-state index contributed by atoms with van der Waals surface area (Å²) in [4.78, 5) is 0. The van der Waals surface area contributed by atoms with Crippen molar-refractivity contribution in [2.45, 2.75) is 46.6 Å². The van der Waals surface area contributed by atoms with E-state index >= 15 is 0 Å². The Labute approximate surface area is 101 Å². The summed E-state index contributed by atoms with van der Waals surface area (Å²) in [6.07, 6.45) is 1.07. The molecule has 0 bridgehead atoms. The molecule has 0 heterocycles. The molecule has 0 aliphatic carbocycles. The fourth-order valence-corrected chi connectivity index (χ4v) is 1.32. The average Bonchev–Trinajstić information content (AvgIpc) is 2.10. The quantitative estimate of drug-likeness (QED) is 0.651. The lowest BCUT2D eigenvalue weighted by Crippen LogP contribution is -2.33. The van der Waals surface area contributed by atoms with Gasteiger partial charge in [-0.15, -0.1) is 0 Å². The molecule has 0 radical (unpaired) electrons. The Kier molecular flexibility index (Phi) is 7.20. The number of hydrogen-bond acceptors (Lipinski definition) is 3. The smallest absolute Gasteiger partial charge is 0.0598 e. The minimum Gasteiger partial charge on any atom is -0.383 e. The molecule has 0 rings (SSSR count). The van der Waals surface area contributed by atoms with E-state index in [2.05, 4.69) is 39.9 Å². The highest BCUT2D eigenvalue weighted by atomic mass is 16.5. The lowest BCUT2D eigenvalue weighted by Gasteiger charge is -2.27. The van der Waals surface area contributed by atoms with E-state index in [1.54, 1.807) is 7.11 Å². The molecule has 0 amide bonds. The summed E-state index contributed by atoms with van der Waals surface area (Å²) in [6.45, 7) is 14.3. The molecule has 3 nitrogen and oxygen atoms in total. The summed E-state index contributed by atoms with van der Waals surface area (Å²) in [5.41, 5.74) is 0.249. The van der Waals surface area contributed by atoms with Gasteiger partial charge in [-0.1, -0.05) is 13.8 Å². The monoisotopic (exact) mass is 231 g/mol. The predicted octanol–water partition coefficient (Wildman–Crippen LogP) is 2.45. The maximum atomic E-state index is 5.74. The molecule has 0 aromatic carbocycles. The topological polar surface area (TPSA) is 30.5 Å². The summed E-state index contributed by atoms with van der Waals surface area (Å²) in [5.74, 6) is 0. The molecule has 0 atom stereocenters. The van der Waals surface area contributed by atoms with Gasteiger partial charge < -0.3 is 14.8 Å². The van der Waals surface area contributed by atoms with Crippen molar-refractivity contribution < 1.29 is 9.47 Å². The number of nitrogens with one attached hydrogen (secondary N) is 1. The summed E-state index contributed by atoms with van der Waals surface area (Å²) in [6, 6.07) is 0. The molecule has 0 aromatic heterocycles. The Morgan fingerprint density at radius 1 is 1.00 bits per heavy atom. The van der Waals surface area contributed by atoms with Crippen LogP contribution >= 0.6 is 0 Å². The van der Waals surface area contributed by atoms with Crippen molar-refractivity contribution >= 4 is 0 Å². The third-order valence-electron chi connectivity index (χ3n) is 2.40. The van der Waals surface area contributed by atoms with Gasteiger partial charge in [0, 0.05) is 26.8 Å². The first-order chi connectivity index (χ1) is 7.27. The largest absolute Gasteiger partial charge is 0.383 e. The van der Waals surface area contributed by atoms with Crippen molar-refractivity contribution in [2.75, 3.05) is 33.4 Å². The zero-order valence-corrected chi connectivity index (χ0v) is 11.9. The standard InChI is InChI=1S/C13H29NO2/c1-12(2,3)16-9-7-13(4,5)11-14-8-10-15-6/h14H,7-11H2,1-6H3. The molecule has 0 aromatic rings. The predicted molar refractivity (Wildman–Crippen MR) is 68.8 cm³/mol. The molecule has 16 heavy (non-hydrogen) atoms. The first-order valence-corrected chi connectivity index (χ1v) is 6.10. The number of methoxy groups -OCH3 is 1. The first-order valence-electron chi connectivity index (χ1n) is 6.10. The molecule has 0 spiro atoms. The Morgan fingerprint density at radius 2 is 1.62 bits per heavy atom. The third kappa shape index (κ3) is 10.4. The molecule has 0 saturated heterocycles. The van der Waals surface area contributed by atoms with Crippen molar-refractivity contribution in [1.29, 1.82) is 0 Å². The second kappa shape index (κ2) is 7.25. The zero-order valence-electron chi connectivity index (χ0n) is 11.9. The van der Waals surface area contributed by atoms with Crippen LogP contribution in [0.25, 0.3) is 0 Å². The highest BCUT2D eigenvalue weighted by molar-refractivity contribution is 4.72. The van der Waals surface area contributed by atoms with Gasteiger partial charge in [0.2, 0.25) is 0 Å². The molecule has 0 fully saturated rings. The van der Waals surface area contributed by atoms with E-state index in [0.29, 0.717) is 0 Å². The van der Waals surface area contributed by atoms with Crippen LogP contribution in [-0.4, -0.2) is 39.0 Å². The lowest BCUT2D eigenvalue weighted by molar-refractivity contribution is -0.0154. The average molecular weight is 231 g/mol. The number of ether oxygens (including phenoxy) is 2. The van der Waals surface area contributed by atoms with Crippen LogP contribution in [-0.2, 0) is 9.47 Å². The molecule has 98 valence electrons. The van der Waals surface area contributed by atoms with Crippen LogP contribution in [0, 0.1) is 5.41 Å². The van der Waals surface area contributed by atoms with Crippen LogP contribution in [0.15, 0.2) is 0 Å². The second-order valence-corrected chi connectivity index (χ2v) is 6.04. The highest BCUT2D eigenvalue weighted by Crippen LogP contribution is 2.20. The van der Waals surface area contributed by atoms with Crippen LogP contribution in [0.1, 0.15) is 41.0 Å². The van der Waals surface area contributed by atoms with Gasteiger partial charge in [-0.25, -0.2) is 0 Å². The van der Waals surface area contributed by atoms with Crippen LogP contribution in [0.2, 0.25) is 0 Å². The van der Waals surface area contributed by atoms with E-state index < -0.39 is 0 Å². The maximum absolute atomic E-state index is 5.74. The highest BCUT2D eigenvalue weighted by Gasteiger charge is 2.19. The van der Waals surface area contributed by atoms with Crippen LogP contribution in [0.5, 0.6) is 0 Å². The third-order valence-corrected chi connectivity index (χ3v) is 2.40. The first kappa shape index (κ1) is 15.9. The van der Waals surface area contributed by atoms with Crippen LogP contribution in [0.4, 0.5) is 0 Å².